The molecule has 0 bridgehead atoms. The molecule has 3 rings (SSSR count). The first-order valence-corrected chi connectivity index (χ1v) is 16.1. The van der Waals surface area contributed by atoms with Gasteiger partial charge in [-0.05, 0) is 58.2 Å². The molecule has 0 aromatic carbocycles. The molecule has 2 saturated heterocycles. The highest BCUT2D eigenvalue weighted by Gasteiger charge is 2.34. The summed E-state index contributed by atoms with van der Waals surface area (Å²) in [7, 11) is 0. The van der Waals surface area contributed by atoms with E-state index in [9.17, 15) is 14.3 Å². The van der Waals surface area contributed by atoms with Crippen molar-refractivity contribution in [2.75, 3.05) is 62.4 Å². The molecule has 2 fully saturated rings. The van der Waals surface area contributed by atoms with Crippen molar-refractivity contribution in [2.45, 2.75) is 79.3 Å². The summed E-state index contributed by atoms with van der Waals surface area (Å²) in [6, 6.07) is 0.813. The second kappa shape index (κ2) is 20.3. The summed E-state index contributed by atoms with van der Waals surface area (Å²) in [6.45, 7) is 17.2. The number of likely N-dealkylation sites (tertiary alicyclic amines) is 1. The number of hydrogen-bond acceptors (Lipinski definition) is 7. The van der Waals surface area contributed by atoms with Crippen LogP contribution < -0.4 is 16.0 Å². The maximum absolute atomic E-state index is 14.1. The summed E-state index contributed by atoms with van der Waals surface area (Å²) in [5, 5.41) is 14.2. The number of allylic oxidation sites excluding steroid dienone is 4. The summed E-state index contributed by atoms with van der Waals surface area (Å²) in [6.07, 6.45) is 14.5. The van der Waals surface area contributed by atoms with Crippen LogP contribution in [0.3, 0.4) is 0 Å². The molecule has 1 aromatic rings. The van der Waals surface area contributed by atoms with Gasteiger partial charge in [0.15, 0.2) is 11.6 Å². The fourth-order valence-electron chi connectivity index (χ4n) is 5.45. The van der Waals surface area contributed by atoms with E-state index in [4.69, 9.17) is 5.73 Å². The van der Waals surface area contributed by atoms with E-state index in [2.05, 4.69) is 43.5 Å². The lowest BCUT2D eigenvalue weighted by molar-refractivity contribution is 0.0657. The van der Waals surface area contributed by atoms with Crippen LogP contribution >= 0.6 is 11.6 Å². The number of alkyl halides is 1. The number of primary amides is 1. The summed E-state index contributed by atoms with van der Waals surface area (Å²) < 4.78 is 14.1. The van der Waals surface area contributed by atoms with Crippen LogP contribution in [0.25, 0.3) is 0 Å². The van der Waals surface area contributed by atoms with Gasteiger partial charge in [0.2, 0.25) is 0 Å². The highest BCUT2D eigenvalue weighted by atomic mass is 35.5. The molecule has 0 aliphatic carbocycles. The van der Waals surface area contributed by atoms with Gasteiger partial charge in [-0.2, -0.15) is 0 Å². The van der Waals surface area contributed by atoms with Gasteiger partial charge in [0.05, 0.1) is 11.3 Å². The van der Waals surface area contributed by atoms with Crippen molar-refractivity contribution in [2.24, 2.45) is 5.73 Å². The Kier molecular flexibility index (Phi) is 18.1. The molecule has 42 heavy (non-hydrogen) atoms. The van der Waals surface area contributed by atoms with Crippen molar-refractivity contribution in [3.05, 3.63) is 47.5 Å². The molecule has 1 atom stereocenters. The topological polar surface area (TPSA) is 98.0 Å². The van der Waals surface area contributed by atoms with E-state index < -0.39 is 5.91 Å². The van der Waals surface area contributed by atoms with Crippen LogP contribution in [0.15, 0.2) is 41.9 Å². The number of hydrogen-bond donors (Lipinski definition) is 3. The van der Waals surface area contributed by atoms with Gasteiger partial charge in [0.1, 0.15) is 5.83 Å². The lowest BCUT2D eigenvalue weighted by Crippen LogP contribution is -2.58. The predicted octanol–water partition coefficient (Wildman–Crippen LogP) is 6.33. The zero-order chi connectivity index (χ0) is 31.7. The Morgan fingerprint density at radius 3 is 2.40 bits per heavy atom. The zero-order valence-corrected chi connectivity index (χ0v) is 27.6. The smallest absolute Gasteiger partial charge is 0.252 e. The second-order valence-electron chi connectivity index (χ2n) is 10.2. The summed E-state index contributed by atoms with van der Waals surface area (Å²) in [5.41, 5.74) is 6.83. The number of amides is 1. The number of nitrogens with two attached hydrogens (primary N) is 1. The largest absolute Gasteiger partial charge is 0.503 e. The minimum atomic E-state index is -0.612. The number of pyridine rings is 1. The molecule has 8 nitrogen and oxygen atoms in total. The fourth-order valence-corrected chi connectivity index (χ4v) is 5.45. The molecule has 1 unspecified atom stereocenters. The lowest BCUT2D eigenvalue weighted by atomic mass is 9.97. The van der Waals surface area contributed by atoms with Crippen LogP contribution in [0, 0.1) is 0 Å². The number of anilines is 2. The first-order valence-electron chi connectivity index (χ1n) is 15.3. The third-order valence-corrected chi connectivity index (χ3v) is 7.61. The average molecular weight is 609 g/mol. The quantitative estimate of drug-likeness (QED) is 0.199. The van der Waals surface area contributed by atoms with Gasteiger partial charge in [-0.1, -0.05) is 52.0 Å². The minimum Gasteiger partial charge on any atom is -0.503 e. The Labute approximate surface area is 258 Å². The van der Waals surface area contributed by atoms with Crippen LogP contribution in [0.2, 0.25) is 0 Å². The standard InChI is InChI=1S/C29H45FN6O2.C2H6.CH3Cl/c1-5-8-9-10-22(21(4)30)19-34-14-11-24(12-15-34)36-17-16-35(20-23(36)7-3)29-27(37)26(32-13-6-2)25(18-33-29)28(31)38;2*1-2/h5,8-10,18,23-24,37H,6-7,11-17,19-20H2,1-4H3,(H2,31,38)(H,32,33);1-2H3;1H3/b8-5-,10-9-,22-21-;;. The number of halogens is 2. The van der Waals surface area contributed by atoms with E-state index in [1.807, 2.05) is 52.0 Å². The van der Waals surface area contributed by atoms with Gasteiger partial charge < -0.3 is 21.1 Å². The Hall–Kier alpha value is -2.62. The number of nitrogens with zero attached hydrogens (tertiary/aromatic N) is 4. The van der Waals surface area contributed by atoms with Gasteiger partial charge in [-0.3, -0.25) is 14.6 Å². The van der Waals surface area contributed by atoms with Crippen molar-refractivity contribution in [3.63, 3.8) is 0 Å². The van der Waals surface area contributed by atoms with Crippen molar-refractivity contribution in [3.8, 4) is 5.75 Å². The lowest BCUT2D eigenvalue weighted by Gasteiger charge is -2.47. The molecule has 1 amide bonds. The Bertz CT molecular complexity index is 1040. The maximum Gasteiger partial charge on any atom is 0.252 e. The molecule has 4 N–H and O–H groups in total. The first-order chi connectivity index (χ1) is 20.3. The molecule has 0 spiro atoms. The number of aromatic hydroxyl groups is 1. The molecule has 2 aliphatic rings. The van der Waals surface area contributed by atoms with E-state index in [1.165, 1.54) is 19.5 Å². The molecule has 3 heterocycles. The Morgan fingerprint density at radius 2 is 1.86 bits per heavy atom. The zero-order valence-electron chi connectivity index (χ0n) is 26.8. The van der Waals surface area contributed by atoms with Crippen LogP contribution in [0.1, 0.15) is 77.6 Å². The number of rotatable bonds is 11. The molecule has 10 heteroatoms. The van der Waals surface area contributed by atoms with Crippen molar-refractivity contribution >= 4 is 29.0 Å². The van der Waals surface area contributed by atoms with Crippen LogP contribution in [0.4, 0.5) is 15.9 Å². The van der Waals surface area contributed by atoms with E-state index in [-0.39, 0.29) is 17.1 Å². The van der Waals surface area contributed by atoms with Crippen molar-refractivity contribution in [1.82, 2.24) is 14.8 Å². The third kappa shape index (κ3) is 10.6. The van der Waals surface area contributed by atoms with Crippen LogP contribution in [-0.2, 0) is 0 Å². The van der Waals surface area contributed by atoms with Gasteiger partial charge >= 0.3 is 0 Å². The normalized spacial score (nSPS) is 19.2. The SMILES string of the molecule is CC.CCl.C\C=C/C=C\C(CN1CCC(N2CCN(c3ncc(C(N)=O)c(NCCC)c3O)CC2CC)CC1)=C(/C)F. The number of piperidine rings is 1. The van der Waals surface area contributed by atoms with Gasteiger partial charge in [-0.15, -0.1) is 11.6 Å². The van der Waals surface area contributed by atoms with Gasteiger partial charge in [0.25, 0.3) is 5.91 Å². The molecule has 0 radical (unpaired) electrons. The highest BCUT2D eigenvalue weighted by molar-refractivity contribution is 6.15. The molecule has 1 aromatic heterocycles. The second-order valence-corrected chi connectivity index (χ2v) is 10.2. The monoisotopic (exact) mass is 608 g/mol. The fraction of sp³-hybridized carbons (Fsp3) is 0.625. The van der Waals surface area contributed by atoms with Gasteiger partial charge in [0, 0.05) is 57.4 Å². The average Bonchev–Trinajstić information content (AvgIpc) is 3.01. The molecule has 2 aliphatic heterocycles. The third-order valence-electron chi connectivity index (χ3n) is 7.61. The summed E-state index contributed by atoms with van der Waals surface area (Å²) >= 11 is 4.64. The van der Waals surface area contributed by atoms with Crippen LogP contribution in [-0.4, -0.2) is 90.1 Å². The Balaban J connectivity index is 0.00000211. The molecular weight excluding hydrogens is 555 g/mol. The van der Waals surface area contributed by atoms with E-state index in [0.717, 1.165) is 64.0 Å². The number of carbonyl (C=O) groups is 1. The maximum atomic E-state index is 14.1. The van der Waals surface area contributed by atoms with E-state index >= 15 is 0 Å². The van der Waals surface area contributed by atoms with Crippen LogP contribution in [0.5, 0.6) is 5.75 Å². The van der Waals surface area contributed by atoms with E-state index in [1.54, 1.807) is 0 Å². The number of piperazine rings is 1. The van der Waals surface area contributed by atoms with Gasteiger partial charge in [-0.25, -0.2) is 9.37 Å². The number of carbonyl (C=O) groups excluding carboxylic acids is 1. The highest BCUT2D eigenvalue weighted by Crippen LogP contribution is 2.37. The molecule has 0 saturated carbocycles. The summed E-state index contributed by atoms with van der Waals surface area (Å²) in [4.78, 5) is 23.4. The predicted molar refractivity (Wildman–Crippen MR) is 177 cm³/mol. The van der Waals surface area contributed by atoms with E-state index in [0.29, 0.717) is 36.7 Å². The minimum absolute atomic E-state index is 0.0122. The number of nitrogens with one attached hydrogen (secondary N) is 1. The first kappa shape index (κ1) is 37.4. The molecule has 238 valence electrons. The van der Waals surface area contributed by atoms with Crippen molar-refractivity contribution < 1.29 is 14.3 Å². The number of aromatic nitrogens is 1. The summed E-state index contributed by atoms with van der Waals surface area (Å²) in [5.74, 6) is -0.252. The Morgan fingerprint density at radius 1 is 1.19 bits per heavy atom. The van der Waals surface area contributed by atoms with Crippen molar-refractivity contribution in [1.29, 1.82) is 0 Å². The molecular formula is C32H54ClFN6O2.